The van der Waals surface area contributed by atoms with Gasteiger partial charge >= 0.3 is 5.97 Å². The Morgan fingerprint density at radius 1 is 1.07 bits per heavy atom. The summed E-state index contributed by atoms with van der Waals surface area (Å²) in [4.78, 5) is 21.5. The van der Waals surface area contributed by atoms with Crippen LogP contribution in [0.15, 0.2) is 42.6 Å². The third kappa shape index (κ3) is 4.86. The van der Waals surface area contributed by atoms with Crippen molar-refractivity contribution in [3.63, 3.8) is 0 Å². The maximum atomic E-state index is 12.4. The van der Waals surface area contributed by atoms with Gasteiger partial charge in [0.05, 0.1) is 6.10 Å². The Morgan fingerprint density at radius 2 is 1.78 bits per heavy atom. The van der Waals surface area contributed by atoms with Gasteiger partial charge in [0.25, 0.3) is 0 Å². The predicted molar refractivity (Wildman–Crippen MR) is 108 cm³/mol. The largest absolute Gasteiger partial charge is 0.459 e. The maximum absolute atomic E-state index is 12.4. The molecule has 144 valence electrons. The summed E-state index contributed by atoms with van der Waals surface area (Å²) in [5, 5.41) is 0. The molecule has 0 amide bonds. The van der Waals surface area contributed by atoms with Crippen LogP contribution in [0.1, 0.15) is 42.3 Å². The second-order valence-electron chi connectivity index (χ2n) is 7.21. The molecule has 5 heteroatoms. The Kier molecular flexibility index (Phi) is 6.45. The van der Waals surface area contributed by atoms with Crippen molar-refractivity contribution >= 4 is 11.8 Å². The van der Waals surface area contributed by atoms with Crippen molar-refractivity contribution in [2.24, 2.45) is 0 Å². The highest BCUT2D eigenvalue weighted by Gasteiger charge is 2.24. The smallest absolute Gasteiger partial charge is 0.342 e. The van der Waals surface area contributed by atoms with Crippen LogP contribution < -0.4 is 4.90 Å². The van der Waals surface area contributed by atoms with E-state index in [0.29, 0.717) is 5.56 Å². The summed E-state index contributed by atoms with van der Waals surface area (Å²) in [6.45, 7) is 10.5. The van der Waals surface area contributed by atoms with E-state index in [4.69, 9.17) is 4.74 Å². The molecule has 1 saturated heterocycles. The summed E-state index contributed by atoms with van der Waals surface area (Å²) >= 11 is 0. The van der Waals surface area contributed by atoms with Crippen molar-refractivity contribution in [1.82, 2.24) is 9.88 Å². The fourth-order valence-corrected chi connectivity index (χ4v) is 3.50. The van der Waals surface area contributed by atoms with E-state index in [2.05, 4.69) is 46.0 Å². The Morgan fingerprint density at radius 3 is 2.44 bits per heavy atom. The van der Waals surface area contributed by atoms with E-state index in [1.807, 2.05) is 13.8 Å². The van der Waals surface area contributed by atoms with Gasteiger partial charge in [-0.3, -0.25) is 4.90 Å². The van der Waals surface area contributed by atoms with E-state index in [9.17, 15) is 4.79 Å². The topological polar surface area (TPSA) is 45.7 Å². The molecule has 1 aromatic heterocycles. The SMILES string of the molecule is CCc1ccccc1CN1CCN(c2ncccc2C(=O)OC(C)C)CC1. The number of aryl methyl sites for hydroxylation is 1. The highest BCUT2D eigenvalue weighted by Crippen LogP contribution is 2.21. The quantitative estimate of drug-likeness (QED) is 0.731. The number of carbonyl (C=O) groups is 1. The zero-order chi connectivity index (χ0) is 19.2. The van der Waals surface area contributed by atoms with Crippen LogP contribution in [0.2, 0.25) is 0 Å². The van der Waals surface area contributed by atoms with E-state index in [0.717, 1.165) is 45.0 Å². The Labute approximate surface area is 162 Å². The molecule has 2 heterocycles. The Bertz CT molecular complexity index is 768. The van der Waals surface area contributed by atoms with Gasteiger partial charge in [-0.25, -0.2) is 9.78 Å². The van der Waals surface area contributed by atoms with Gasteiger partial charge in [-0.05, 0) is 43.5 Å². The number of nitrogens with zero attached hydrogens (tertiary/aromatic N) is 3. The van der Waals surface area contributed by atoms with Crippen molar-refractivity contribution in [3.8, 4) is 0 Å². The van der Waals surface area contributed by atoms with E-state index < -0.39 is 0 Å². The average molecular weight is 367 g/mol. The summed E-state index contributed by atoms with van der Waals surface area (Å²) in [6.07, 6.45) is 2.66. The number of aromatic nitrogens is 1. The monoisotopic (exact) mass is 367 g/mol. The number of rotatable bonds is 6. The number of ether oxygens (including phenoxy) is 1. The summed E-state index contributed by atoms with van der Waals surface area (Å²) in [7, 11) is 0. The summed E-state index contributed by atoms with van der Waals surface area (Å²) in [6, 6.07) is 12.3. The van der Waals surface area contributed by atoms with Gasteiger partial charge in [0.2, 0.25) is 0 Å². The predicted octanol–water partition coefficient (Wildman–Crippen LogP) is 3.53. The van der Waals surface area contributed by atoms with Gasteiger partial charge < -0.3 is 9.64 Å². The van der Waals surface area contributed by atoms with E-state index >= 15 is 0 Å². The molecule has 2 aromatic rings. The first-order valence-electron chi connectivity index (χ1n) is 9.78. The minimum absolute atomic E-state index is 0.138. The molecule has 3 rings (SSSR count). The lowest BCUT2D eigenvalue weighted by Gasteiger charge is -2.36. The molecule has 1 aromatic carbocycles. The summed E-state index contributed by atoms with van der Waals surface area (Å²) in [5.74, 6) is 0.434. The molecule has 27 heavy (non-hydrogen) atoms. The van der Waals surface area contributed by atoms with Gasteiger partial charge in [0.15, 0.2) is 0 Å². The minimum atomic E-state index is -0.299. The Balaban J connectivity index is 1.65. The fraction of sp³-hybridized carbons (Fsp3) is 0.455. The Hall–Kier alpha value is -2.40. The van der Waals surface area contributed by atoms with Crippen LogP contribution in [0.4, 0.5) is 5.82 Å². The molecule has 0 N–H and O–H groups in total. The van der Waals surface area contributed by atoms with Gasteiger partial charge in [0, 0.05) is 38.9 Å². The van der Waals surface area contributed by atoms with E-state index in [-0.39, 0.29) is 12.1 Å². The number of piperazine rings is 1. The van der Waals surface area contributed by atoms with Gasteiger partial charge in [-0.15, -0.1) is 0 Å². The maximum Gasteiger partial charge on any atom is 0.342 e. The lowest BCUT2D eigenvalue weighted by Crippen LogP contribution is -2.46. The van der Waals surface area contributed by atoms with Gasteiger partial charge in [-0.1, -0.05) is 31.2 Å². The summed E-state index contributed by atoms with van der Waals surface area (Å²) < 4.78 is 5.38. The van der Waals surface area contributed by atoms with Crippen LogP contribution in [-0.4, -0.2) is 48.1 Å². The van der Waals surface area contributed by atoms with E-state index in [1.54, 1.807) is 18.3 Å². The molecular weight excluding hydrogens is 338 g/mol. The van der Waals surface area contributed by atoms with Gasteiger partial charge in [0.1, 0.15) is 11.4 Å². The molecule has 0 unspecified atom stereocenters. The first-order valence-corrected chi connectivity index (χ1v) is 9.78. The molecule has 0 bridgehead atoms. The van der Waals surface area contributed by atoms with Crippen LogP contribution >= 0.6 is 0 Å². The molecule has 0 saturated carbocycles. The van der Waals surface area contributed by atoms with Crippen LogP contribution in [0.3, 0.4) is 0 Å². The molecule has 1 fully saturated rings. The van der Waals surface area contributed by atoms with Crippen molar-refractivity contribution in [2.45, 2.75) is 39.8 Å². The number of hydrogen-bond acceptors (Lipinski definition) is 5. The first kappa shape index (κ1) is 19.4. The first-order chi connectivity index (χ1) is 13.1. The number of carbonyl (C=O) groups excluding carboxylic acids is 1. The minimum Gasteiger partial charge on any atom is -0.459 e. The fourth-order valence-electron chi connectivity index (χ4n) is 3.50. The molecule has 1 aliphatic heterocycles. The normalized spacial score (nSPS) is 15.2. The number of pyridine rings is 1. The average Bonchev–Trinajstić information content (AvgIpc) is 2.68. The standard InChI is InChI=1S/C22H29N3O2/c1-4-18-8-5-6-9-19(18)16-24-12-14-25(15-13-24)21-20(10-7-11-23-21)22(26)27-17(2)3/h5-11,17H,4,12-16H2,1-3H3. The lowest BCUT2D eigenvalue weighted by atomic mass is 10.0. The van der Waals surface area contributed by atoms with Crippen LogP contribution in [0.25, 0.3) is 0 Å². The second kappa shape index (κ2) is 9.00. The number of hydrogen-bond donors (Lipinski definition) is 0. The number of benzene rings is 1. The van der Waals surface area contributed by atoms with Crippen LogP contribution in [0, 0.1) is 0 Å². The van der Waals surface area contributed by atoms with Crippen molar-refractivity contribution in [1.29, 1.82) is 0 Å². The molecule has 0 spiro atoms. The summed E-state index contributed by atoms with van der Waals surface area (Å²) in [5.41, 5.74) is 3.38. The molecule has 0 aliphatic carbocycles. The zero-order valence-corrected chi connectivity index (χ0v) is 16.5. The second-order valence-corrected chi connectivity index (χ2v) is 7.21. The third-order valence-corrected chi connectivity index (χ3v) is 4.91. The van der Waals surface area contributed by atoms with Crippen LogP contribution in [0.5, 0.6) is 0 Å². The number of esters is 1. The third-order valence-electron chi connectivity index (χ3n) is 4.91. The molecular formula is C22H29N3O2. The zero-order valence-electron chi connectivity index (χ0n) is 16.5. The molecule has 1 aliphatic rings. The van der Waals surface area contributed by atoms with Crippen molar-refractivity contribution in [2.75, 3.05) is 31.1 Å². The van der Waals surface area contributed by atoms with Crippen molar-refractivity contribution in [3.05, 3.63) is 59.3 Å². The van der Waals surface area contributed by atoms with Crippen LogP contribution in [-0.2, 0) is 17.7 Å². The van der Waals surface area contributed by atoms with E-state index in [1.165, 1.54) is 11.1 Å². The number of anilines is 1. The molecule has 5 nitrogen and oxygen atoms in total. The van der Waals surface area contributed by atoms with Gasteiger partial charge in [-0.2, -0.15) is 0 Å². The lowest BCUT2D eigenvalue weighted by molar-refractivity contribution is 0.0378. The van der Waals surface area contributed by atoms with Crippen molar-refractivity contribution < 1.29 is 9.53 Å². The highest BCUT2D eigenvalue weighted by molar-refractivity contribution is 5.94. The highest BCUT2D eigenvalue weighted by atomic mass is 16.5. The molecule has 0 atom stereocenters. The molecule has 0 radical (unpaired) electrons.